The molecule has 0 saturated carbocycles. The third-order valence-corrected chi connectivity index (χ3v) is 4.22. The zero-order chi connectivity index (χ0) is 17.6. The van der Waals surface area contributed by atoms with Gasteiger partial charge in [-0.2, -0.15) is 5.10 Å². The van der Waals surface area contributed by atoms with Crippen LogP contribution < -0.4 is 5.32 Å². The number of rotatable bonds is 6. The lowest BCUT2D eigenvalue weighted by molar-refractivity contribution is 0.0928. The molecule has 1 amide bonds. The van der Waals surface area contributed by atoms with Crippen molar-refractivity contribution in [2.75, 3.05) is 0 Å². The van der Waals surface area contributed by atoms with Gasteiger partial charge in [0.1, 0.15) is 5.69 Å². The molecule has 0 aliphatic carbocycles. The molecule has 3 rings (SSSR count). The Labute approximate surface area is 148 Å². The van der Waals surface area contributed by atoms with Crippen LogP contribution in [0, 0.1) is 6.92 Å². The average Bonchev–Trinajstić information content (AvgIpc) is 3.04. The number of nitrogens with one attached hydrogen (secondary N) is 1. The van der Waals surface area contributed by atoms with Crippen LogP contribution in [-0.2, 0) is 6.42 Å². The molecule has 0 radical (unpaired) electrons. The minimum atomic E-state index is -0.0905. The maximum absolute atomic E-state index is 12.8. The van der Waals surface area contributed by atoms with Crippen molar-refractivity contribution in [3.8, 4) is 5.69 Å². The average molecular weight is 333 g/mol. The SMILES string of the molecule is CC[C@@H](Cc1ccccc1)NC(=O)c1cc(C)nn1-c1ccccc1. The summed E-state index contributed by atoms with van der Waals surface area (Å²) in [4.78, 5) is 12.8. The van der Waals surface area contributed by atoms with Crippen LogP contribution in [0.5, 0.6) is 0 Å². The standard InChI is InChI=1S/C21H23N3O/c1-3-18(15-17-10-6-4-7-11-17)22-21(25)20-14-16(2)23-24(20)19-12-8-5-9-13-19/h4-14,18H,3,15H2,1-2H3,(H,22,25)/t18-/m0/s1. The van der Waals surface area contributed by atoms with E-state index in [4.69, 9.17) is 0 Å². The lowest BCUT2D eigenvalue weighted by Gasteiger charge is -2.17. The van der Waals surface area contributed by atoms with Crippen LogP contribution in [0.4, 0.5) is 0 Å². The van der Waals surface area contributed by atoms with Gasteiger partial charge in [0.05, 0.1) is 11.4 Å². The molecule has 1 atom stereocenters. The number of amides is 1. The van der Waals surface area contributed by atoms with Crippen LogP contribution in [0.25, 0.3) is 5.69 Å². The maximum atomic E-state index is 12.8. The largest absolute Gasteiger partial charge is 0.348 e. The Kier molecular flexibility index (Phi) is 5.29. The Bertz CT molecular complexity index is 825. The number of aryl methyl sites for hydroxylation is 1. The van der Waals surface area contributed by atoms with E-state index in [9.17, 15) is 4.79 Å². The van der Waals surface area contributed by atoms with Gasteiger partial charge in [-0.15, -0.1) is 0 Å². The number of hydrogen-bond acceptors (Lipinski definition) is 2. The highest BCUT2D eigenvalue weighted by atomic mass is 16.2. The van der Waals surface area contributed by atoms with Gasteiger partial charge in [-0.3, -0.25) is 4.79 Å². The van der Waals surface area contributed by atoms with Crippen molar-refractivity contribution in [2.24, 2.45) is 0 Å². The summed E-state index contributed by atoms with van der Waals surface area (Å²) in [7, 11) is 0. The Morgan fingerprint density at radius 1 is 1.08 bits per heavy atom. The molecule has 3 aromatic rings. The molecule has 0 fully saturated rings. The molecule has 0 aliphatic rings. The molecule has 4 heteroatoms. The van der Waals surface area contributed by atoms with Crippen molar-refractivity contribution in [1.82, 2.24) is 15.1 Å². The van der Waals surface area contributed by atoms with E-state index >= 15 is 0 Å². The highest BCUT2D eigenvalue weighted by Gasteiger charge is 2.18. The van der Waals surface area contributed by atoms with Crippen molar-refractivity contribution in [3.63, 3.8) is 0 Å². The van der Waals surface area contributed by atoms with Gasteiger partial charge in [-0.25, -0.2) is 4.68 Å². The molecule has 1 N–H and O–H groups in total. The predicted octanol–water partition coefficient (Wildman–Crippen LogP) is 3.93. The number of carbonyl (C=O) groups is 1. The van der Waals surface area contributed by atoms with E-state index in [1.807, 2.05) is 61.5 Å². The first-order valence-electron chi connectivity index (χ1n) is 8.64. The highest BCUT2D eigenvalue weighted by molar-refractivity contribution is 5.93. The first-order valence-corrected chi connectivity index (χ1v) is 8.64. The van der Waals surface area contributed by atoms with Crippen LogP contribution in [-0.4, -0.2) is 21.7 Å². The fourth-order valence-corrected chi connectivity index (χ4v) is 2.88. The summed E-state index contributed by atoms with van der Waals surface area (Å²) in [6.07, 6.45) is 1.70. The van der Waals surface area contributed by atoms with Gasteiger partial charge in [0, 0.05) is 6.04 Å². The molecule has 1 heterocycles. The van der Waals surface area contributed by atoms with E-state index in [0.29, 0.717) is 5.69 Å². The zero-order valence-corrected chi connectivity index (χ0v) is 14.6. The maximum Gasteiger partial charge on any atom is 0.270 e. The minimum absolute atomic E-state index is 0.0905. The summed E-state index contributed by atoms with van der Waals surface area (Å²) in [5, 5.41) is 7.63. The zero-order valence-electron chi connectivity index (χ0n) is 14.6. The van der Waals surface area contributed by atoms with Gasteiger partial charge < -0.3 is 5.32 Å². The van der Waals surface area contributed by atoms with Crippen molar-refractivity contribution >= 4 is 5.91 Å². The van der Waals surface area contributed by atoms with Crippen molar-refractivity contribution in [3.05, 3.63) is 83.7 Å². The first-order chi connectivity index (χ1) is 12.2. The fraction of sp³-hybridized carbons (Fsp3) is 0.238. The Morgan fingerprint density at radius 2 is 1.72 bits per heavy atom. The fourth-order valence-electron chi connectivity index (χ4n) is 2.88. The second kappa shape index (κ2) is 7.79. The summed E-state index contributed by atoms with van der Waals surface area (Å²) in [5.41, 5.74) is 3.50. The number of para-hydroxylation sites is 1. The van der Waals surface area contributed by atoms with Crippen LogP contribution in [0.1, 0.15) is 35.1 Å². The Hall–Kier alpha value is -2.88. The van der Waals surface area contributed by atoms with Gasteiger partial charge in [0.2, 0.25) is 0 Å². The summed E-state index contributed by atoms with van der Waals surface area (Å²) in [5.74, 6) is -0.0905. The van der Waals surface area contributed by atoms with Crippen LogP contribution in [0.3, 0.4) is 0 Å². The summed E-state index contributed by atoms with van der Waals surface area (Å²) < 4.78 is 1.71. The van der Waals surface area contributed by atoms with Crippen LogP contribution >= 0.6 is 0 Å². The molecule has 128 valence electrons. The summed E-state index contributed by atoms with van der Waals surface area (Å²) >= 11 is 0. The van der Waals surface area contributed by atoms with Crippen LogP contribution in [0.2, 0.25) is 0 Å². The lowest BCUT2D eigenvalue weighted by Crippen LogP contribution is -2.37. The molecule has 2 aromatic carbocycles. The minimum Gasteiger partial charge on any atom is -0.348 e. The van der Waals surface area contributed by atoms with Crippen molar-refractivity contribution in [2.45, 2.75) is 32.7 Å². The topological polar surface area (TPSA) is 46.9 Å². The molecule has 0 unspecified atom stereocenters. The Balaban J connectivity index is 1.79. The molecule has 0 aliphatic heterocycles. The predicted molar refractivity (Wildman–Crippen MR) is 100.0 cm³/mol. The molecular formula is C21H23N3O. The summed E-state index contributed by atoms with van der Waals surface area (Å²) in [6.45, 7) is 3.99. The van der Waals surface area contributed by atoms with E-state index in [1.165, 1.54) is 5.56 Å². The second-order valence-corrected chi connectivity index (χ2v) is 6.19. The Morgan fingerprint density at radius 3 is 2.36 bits per heavy atom. The van der Waals surface area contributed by atoms with E-state index in [1.54, 1.807) is 4.68 Å². The molecule has 0 bridgehead atoms. The molecule has 25 heavy (non-hydrogen) atoms. The van der Waals surface area contributed by atoms with E-state index < -0.39 is 0 Å². The molecule has 1 aromatic heterocycles. The van der Waals surface area contributed by atoms with Gasteiger partial charge in [-0.05, 0) is 43.5 Å². The van der Waals surface area contributed by atoms with Gasteiger partial charge in [-0.1, -0.05) is 55.5 Å². The molecule has 0 saturated heterocycles. The number of benzene rings is 2. The molecular weight excluding hydrogens is 310 g/mol. The second-order valence-electron chi connectivity index (χ2n) is 6.19. The van der Waals surface area contributed by atoms with Crippen LogP contribution in [0.15, 0.2) is 66.7 Å². The van der Waals surface area contributed by atoms with Crippen molar-refractivity contribution in [1.29, 1.82) is 0 Å². The van der Waals surface area contributed by atoms with Crippen molar-refractivity contribution < 1.29 is 4.79 Å². The number of hydrogen-bond donors (Lipinski definition) is 1. The quantitative estimate of drug-likeness (QED) is 0.743. The van der Waals surface area contributed by atoms with E-state index in [0.717, 1.165) is 24.2 Å². The third kappa shape index (κ3) is 4.15. The molecule has 4 nitrogen and oxygen atoms in total. The molecule has 0 spiro atoms. The van der Waals surface area contributed by atoms with Gasteiger partial charge >= 0.3 is 0 Å². The number of carbonyl (C=O) groups excluding carboxylic acids is 1. The number of nitrogens with zero attached hydrogens (tertiary/aromatic N) is 2. The number of aromatic nitrogens is 2. The third-order valence-electron chi connectivity index (χ3n) is 4.22. The summed E-state index contributed by atoms with van der Waals surface area (Å²) in [6, 6.07) is 21.9. The smallest absolute Gasteiger partial charge is 0.270 e. The first kappa shape index (κ1) is 17.0. The van der Waals surface area contributed by atoms with E-state index in [-0.39, 0.29) is 11.9 Å². The highest BCUT2D eigenvalue weighted by Crippen LogP contribution is 2.13. The lowest BCUT2D eigenvalue weighted by atomic mass is 10.0. The normalized spacial score (nSPS) is 11.9. The van der Waals surface area contributed by atoms with Gasteiger partial charge in [0.25, 0.3) is 5.91 Å². The van der Waals surface area contributed by atoms with E-state index in [2.05, 4.69) is 29.5 Å². The monoisotopic (exact) mass is 333 g/mol. The van der Waals surface area contributed by atoms with Gasteiger partial charge in [0.15, 0.2) is 0 Å².